The minimum absolute atomic E-state index is 0.375. The van der Waals surface area contributed by atoms with Crippen molar-refractivity contribution < 1.29 is 0 Å². The van der Waals surface area contributed by atoms with E-state index in [4.69, 9.17) is 0 Å². The van der Waals surface area contributed by atoms with E-state index in [9.17, 15) is 0 Å². The van der Waals surface area contributed by atoms with Crippen LogP contribution in [0.15, 0.2) is 6.07 Å². The summed E-state index contributed by atoms with van der Waals surface area (Å²) >= 11 is 0. The Hall–Kier alpha value is -1.16. The average molecular weight is 262 g/mol. The van der Waals surface area contributed by atoms with E-state index in [2.05, 4.69) is 47.6 Å². The fourth-order valence-corrected chi connectivity index (χ4v) is 2.66. The van der Waals surface area contributed by atoms with Gasteiger partial charge in [-0.25, -0.2) is 9.97 Å². The van der Waals surface area contributed by atoms with E-state index in [0.29, 0.717) is 18.0 Å². The first-order valence-electron chi connectivity index (χ1n) is 7.38. The van der Waals surface area contributed by atoms with Crippen LogP contribution in [-0.4, -0.2) is 29.1 Å². The summed E-state index contributed by atoms with van der Waals surface area (Å²) in [5.41, 5.74) is 1.05. The molecule has 106 valence electrons. The number of rotatable bonds is 4. The molecule has 1 aromatic rings. The number of anilines is 1. The van der Waals surface area contributed by atoms with Crippen molar-refractivity contribution in [2.24, 2.45) is 0 Å². The van der Waals surface area contributed by atoms with E-state index in [1.807, 2.05) is 6.92 Å². The highest BCUT2D eigenvalue weighted by Gasteiger charge is 2.20. The molecule has 4 heteroatoms. The zero-order valence-corrected chi connectivity index (χ0v) is 12.5. The van der Waals surface area contributed by atoms with Crippen molar-refractivity contribution >= 4 is 5.82 Å². The number of hydrogen-bond donors (Lipinski definition) is 2. The van der Waals surface area contributed by atoms with E-state index in [-0.39, 0.29) is 0 Å². The Balaban J connectivity index is 1.99. The van der Waals surface area contributed by atoms with Crippen molar-refractivity contribution in [2.75, 3.05) is 12.4 Å². The molecule has 1 fully saturated rings. The summed E-state index contributed by atoms with van der Waals surface area (Å²) in [4.78, 5) is 9.12. The lowest BCUT2D eigenvalue weighted by atomic mass is 9.91. The van der Waals surface area contributed by atoms with Gasteiger partial charge in [-0.1, -0.05) is 13.8 Å². The molecule has 1 aliphatic rings. The minimum atomic E-state index is 0.375. The maximum Gasteiger partial charge on any atom is 0.133 e. The lowest BCUT2D eigenvalue weighted by Crippen LogP contribution is -2.35. The Morgan fingerprint density at radius 2 is 1.74 bits per heavy atom. The summed E-state index contributed by atoms with van der Waals surface area (Å²) in [6.45, 7) is 6.31. The van der Waals surface area contributed by atoms with E-state index in [1.54, 1.807) is 0 Å². The summed E-state index contributed by atoms with van der Waals surface area (Å²) in [6, 6.07) is 3.30. The van der Waals surface area contributed by atoms with Crippen LogP contribution in [0.5, 0.6) is 0 Å². The molecule has 1 aromatic heterocycles. The highest BCUT2D eigenvalue weighted by atomic mass is 15.1. The maximum absolute atomic E-state index is 4.63. The van der Waals surface area contributed by atoms with Crippen LogP contribution in [-0.2, 0) is 0 Å². The van der Waals surface area contributed by atoms with Crippen LogP contribution in [0.2, 0.25) is 0 Å². The SMILES string of the molecule is CNC1CCC(Nc2cc(C)nc(C(C)C)n2)CC1. The van der Waals surface area contributed by atoms with Gasteiger partial charge in [0.15, 0.2) is 0 Å². The standard InChI is InChI=1S/C15H26N4/c1-10(2)15-17-11(3)9-14(19-15)18-13-7-5-12(16-4)6-8-13/h9-10,12-13,16H,5-8H2,1-4H3,(H,17,18,19). The van der Waals surface area contributed by atoms with E-state index in [0.717, 1.165) is 17.3 Å². The van der Waals surface area contributed by atoms with Crippen LogP contribution in [0, 0.1) is 6.92 Å². The zero-order valence-electron chi connectivity index (χ0n) is 12.5. The lowest BCUT2D eigenvalue weighted by molar-refractivity contribution is 0.371. The fraction of sp³-hybridized carbons (Fsp3) is 0.733. The van der Waals surface area contributed by atoms with Gasteiger partial charge in [-0.2, -0.15) is 0 Å². The van der Waals surface area contributed by atoms with Crippen LogP contribution in [0.1, 0.15) is 57.0 Å². The molecular weight excluding hydrogens is 236 g/mol. The van der Waals surface area contributed by atoms with E-state index < -0.39 is 0 Å². The second kappa shape index (κ2) is 6.33. The molecule has 1 heterocycles. The number of aromatic nitrogens is 2. The van der Waals surface area contributed by atoms with Gasteiger partial charge in [0.25, 0.3) is 0 Å². The van der Waals surface area contributed by atoms with Crippen molar-refractivity contribution in [2.45, 2.75) is 64.5 Å². The van der Waals surface area contributed by atoms with Crippen molar-refractivity contribution in [3.05, 3.63) is 17.6 Å². The Morgan fingerprint density at radius 1 is 1.11 bits per heavy atom. The van der Waals surface area contributed by atoms with Gasteiger partial charge in [-0.15, -0.1) is 0 Å². The highest BCUT2D eigenvalue weighted by molar-refractivity contribution is 5.37. The third kappa shape index (κ3) is 3.90. The van der Waals surface area contributed by atoms with Crippen LogP contribution in [0.25, 0.3) is 0 Å². The molecule has 0 radical (unpaired) electrons. The molecule has 0 aliphatic heterocycles. The predicted octanol–water partition coefficient (Wildman–Crippen LogP) is 2.85. The van der Waals surface area contributed by atoms with Gasteiger partial charge in [-0.05, 0) is 39.7 Å². The molecule has 1 saturated carbocycles. The van der Waals surface area contributed by atoms with Gasteiger partial charge >= 0.3 is 0 Å². The molecule has 0 unspecified atom stereocenters. The van der Waals surface area contributed by atoms with Crippen molar-refractivity contribution in [1.82, 2.24) is 15.3 Å². The molecule has 0 bridgehead atoms. The molecule has 0 spiro atoms. The van der Waals surface area contributed by atoms with Crippen molar-refractivity contribution in [3.8, 4) is 0 Å². The quantitative estimate of drug-likeness (QED) is 0.876. The first kappa shape index (κ1) is 14.3. The molecular formula is C15H26N4. The molecule has 0 atom stereocenters. The van der Waals surface area contributed by atoms with E-state index in [1.165, 1.54) is 25.7 Å². The fourth-order valence-electron chi connectivity index (χ4n) is 2.66. The van der Waals surface area contributed by atoms with Crippen LogP contribution in [0.4, 0.5) is 5.82 Å². The first-order chi connectivity index (χ1) is 9.08. The summed E-state index contributed by atoms with van der Waals surface area (Å²) in [6.07, 6.45) is 4.92. The van der Waals surface area contributed by atoms with Crippen LogP contribution in [0.3, 0.4) is 0 Å². The van der Waals surface area contributed by atoms with Gasteiger partial charge < -0.3 is 10.6 Å². The second-order valence-electron chi connectivity index (χ2n) is 5.89. The lowest BCUT2D eigenvalue weighted by Gasteiger charge is -2.29. The summed E-state index contributed by atoms with van der Waals surface area (Å²) in [5.74, 6) is 2.30. The topological polar surface area (TPSA) is 49.8 Å². The largest absolute Gasteiger partial charge is 0.367 e. The van der Waals surface area contributed by atoms with Crippen molar-refractivity contribution in [1.29, 1.82) is 0 Å². The van der Waals surface area contributed by atoms with Crippen LogP contribution < -0.4 is 10.6 Å². The number of nitrogens with zero attached hydrogens (tertiary/aromatic N) is 2. The Kier molecular flexibility index (Phi) is 4.75. The smallest absolute Gasteiger partial charge is 0.133 e. The summed E-state index contributed by atoms with van der Waals surface area (Å²) in [5, 5.41) is 6.95. The molecule has 2 N–H and O–H groups in total. The molecule has 0 aromatic carbocycles. The summed E-state index contributed by atoms with van der Waals surface area (Å²) in [7, 11) is 2.06. The Bertz CT molecular complexity index is 409. The minimum Gasteiger partial charge on any atom is -0.367 e. The van der Waals surface area contributed by atoms with Gasteiger partial charge in [0, 0.05) is 29.8 Å². The monoisotopic (exact) mass is 262 g/mol. The average Bonchev–Trinajstić information content (AvgIpc) is 2.39. The van der Waals surface area contributed by atoms with Gasteiger partial charge in [0.05, 0.1) is 0 Å². The second-order valence-corrected chi connectivity index (χ2v) is 5.89. The third-order valence-corrected chi connectivity index (χ3v) is 3.88. The molecule has 0 amide bonds. The highest BCUT2D eigenvalue weighted by Crippen LogP contribution is 2.22. The third-order valence-electron chi connectivity index (χ3n) is 3.88. The molecule has 2 rings (SSSR count). The van der Waals surface area contributed by atoms with Gasteiger partial charge in [0.2, 0.25) is 0 Å². The van der Waals surface area contributed by atoms with Gasteiger partial charge in [-0.3, -0.25) is 0 Å². The predicted molar refractivity (Wildman–Crippen MR) is 79.6 cm³/mol. The zero-order chi connectivity index (χ0) is 13.8. The molecule has 19 heavy (non-hydrogen) atoms. The molecule has 4 nitrogen and oxygen atoms in total. The van der Waals surface area contributed by atoms with Gasteiger partial charge in [0.1, 0.15) is 11.6 Å². The molecule has 0 saturated heterocycles. The first-order valence-corrected chi connectivity index (χ1v) is 7.38. The number of nitrogens with one attached hydrogen (secondary N) is 2. The maximum atomic E-state index is 4.63. The summed E-state index contributed by atoms with van der Waals surface area (Å²) < 4.78 is 0. The molecule has 1 aliphatic carbocycles. The van der Waals surface area contributed by atoms with Crippen molar-refractivity contribution in [3.63, 3.8) is 0 Å². The Labute approximate surface area is 116 Å². The number of hydrogen-bond acceptors (Lipinski definition) is 4. The Morgan fingerprint density at radius 3 is 2.32 bits per heavy atom. The number of aryl methyl sites for hydroxylation is 1. The normalized spacial score (nSPS) is 23.6. The van der Waals surface area contributed by atoms with E-state index >= 15 is 0 Å². The van der Waals surface area contributed by atoms with Crippen LogP contribution >= 0.6 is 0 Å².